The van der Waals surface area contributed by atoms with Gasteiger partial charge in [-0.2, -0.15) is 0 Å². The summed E-state index contributed by atoms with van der Waals surface area (Å²) in [5, 5.41) is 0.176. The Morgan fingerprint density at radius 2 is 1.77 bits per heavy atom. The van der Waals surface area contributed by atoms with E-state index >= 15 is 0 Å². The number of ether oxygens (including phenoxy) is 1. The summed E-state index contributed by atoms with van der Waals surface area (Å²) in [6, 6.07) is 0. The molecule has 0 saturated carbocycles. The standard InChI is InChI=1S/C18H32O3Si/c1-10-18(7,12-11-13-20-16(19)15(2)3)14-21-22(8,9)17(4,5)6/h10-12H,1-2,13-14H2,3-9H3/b12-11+/t18-/m0/s1. The van der Waals surface area contributed by atoms with Crippen LogP contribution in [0.25, 0.3) is 0 Å². The quantitative estimate of drug-likeness (QED) is 0.276. The van der Waals surface area contributed by atoms with Crippen LogP contribution >= 0.6 is 0 Å². The maximum Gasteiger partial charge on any atom is 0.333 e. The molecule has 0 aliphatic carbocycles. The number of carbonyl (C=O) groups excluding carboxylic acids is 1. The summed E-state index contributed by atoms with van der Waals surface area (Å²) < 4.78 is 11.3. The van der Waals surface area contributed by atoms with Crippen molar-refractivity contribution in [2.24, 2.45) is 5.41 Å². The second-order valence-corrected chi connectivity index (χ2v) is 12.3. The molecule has 0 radical (unpaired) electrons. The number of hydrogen-bond acceptors (Lipinski definition) is 3. The van der Waals surface area contributed by atoms with Gasteiger partial charge >= 0.3 is 5.97 Å². The molecule has 0 bridgehead atoms. The summed E-state index contributed by atoms with van der Waals surface area (Å²) in [6.07, 6.45) is 5.69. The molecule has 22 heavy (non-hydrogen) atoms. The largest absolute Gasteiger partial charge is 0.458 e. The van der Waals surface area contributed by atoms with Gasteiger partial charge in [0, 0.05) is 17.6 Å². The molecule has 0 saturated heterocycles. The molecule has 0 amide bonds. The number of carbonyl (C=O) groups is 1. The predicted octanol–water partition coefficient (Wildman–Crippen LogP) is 4.88. The highest BCUT2D eigenvalue weighted by atomic mass is 28.4. The molecule has 1 atom stereocenters. The minimum atomic E-state index is -1.79. The van der Waals surface area contributed by atoms with E-state index in [0.29, 0.717) is 12.2 Å². The molecule has 0 rings (SSSR count). The Kier molecular flexibility index (Phi) is 7.52. The summed E-state index contributed by atoms with van der Waals surface area (Å²) in [5.74, 6) is -0.373. The molecule has 0 aromatic carbocycles. The van der Waals surface area contributed by atoms with E-state index in [0.717, 1.165) is 0 Å². The van der Waals surface area contributed by atoms with E-state index in [4.69, 9.17) is 9.16 Å². The normalized spacial score (nSPS) is 15.4. The first-order valence-corrected chi connectivity index (χ1v) is 10.5. The van der Waals surface area contributed by atoms with Crippen LogP contribution in [-0.2, 0) is 14.0 Å². The molecule has 4 heteroatoms. The van der Waals surface area contributed by atoms with Crippen LogP contribution in [0.4, 0.5) is 0 Å². The van der Waals surface area contributed by atoms with Gasteiger partial charge in [0.05, 0.1) is 0 Å². The molecule has 3 nitrogen and oxygen atoms in total. The van der Waals surface area contributed by atoms with Crippen LogP contribution in [0, 0.1) is 5.41 Å². The van der Waals surface area contributed by atoms with E-state index in [1.807, 2.05) is 18.2 Å². The van der Waals surface area contributed by atoms with Crippen molar-refractivity contribution in [1.82, 2.24) is 0 Å². The van der Waals surface area contributed by atoms with Gasteiger partial charge in [-0.05, 0) is 25.1 Å². The number of hydrogen-bond donors (Lipinski definition) is 0. The highest BCUT2D eigenvalue weighted by Gasteiger charge is 2.38. The van der Waals surface area contributed by atoms with Gasteiger partial charge in [-0.1, -0.05) is 52.5 Å². The van der Waals surface area contributed by atoms with Gasteiger partial charge in [0.15, 0.2) is 8.32 Å². The average molecular weight is 325 g/mol. The lowest BCUT2D eigenvalue weighted by Crippen LogP contribution is -2.43. The summed E-state index contributed by atoms with van der Waals surface area (Å²) in [4.78, 5) is 11.3. The predicted molar refractivity (Wildman–Crippen MR) is 96.4 cm³/mol. The van der Waals surface area contributed by atoms with Crippen LogP contribution in [0.5, 0.6) is 0 Å². The topological polar surface area (TPSA) is 35.5 Å². The average Bonchev–Trinajstić information content (AvgIpc) is 2.40. The van der Waals surface area contributed by atoms with Gasteiger partial charge in [0.25, 0.3) is 0 Å². The third-order valence-corrected chi connectivity index (χ3v) is 8.65. The number of rotatable bonds is 8. The third-order valence-electron chi connectivity index (χ3n) is 4.17. The highest BCUT2D eigenvalue weighted by molar-refractivity contribution is 6.74. The fraction of sp³-hybridized carbons (Fsp3) is 0.611. The van der Waals surface area contributed by atoms with Crippen LogP contribution in [0.3, 0.4) is 0 Å². The molecule has 0 unspecified atom stereocenters. The van der Waals surface area contributed by atoms with Crippen molar-refractivity contribution in [3.63, 3.8) is 0 Å². The smallest absolute Gasteiger partial charge is 0.333 e. The first-order chi connectivity index (χ1) is 9.84. The van der Waals surface area contributed by atoms with Gasteiger partial charge < -0.3 is 9.16 Å². The van der Waals surface area contributed by atoms with Crippen molar-refractivity contribution in [3.8, 4) is 0 Å². The highest BCUT2D eigenvalue weighted by Crippen LogP contribution is 2.37. The van der Waals surface area contributed by atoms with E-state index < -0.39 is 8.32 Å². The first-order valence-electron chi connectivity index (χ1n) is 7.62. The van der Waals surface area contributed by atoms with Crippen LogP contribution in [-0.4, -0.2) is 27.5 Å². The Morgan fingerprint density at radius 1 is 1.23 bits per heavy atom. The van der Waals surface area contributed by atoms with Crippen molar-refractivity contribution < 1.29 is 14.0 Å². The van der Waals surface area contributed by atoms with Gasteiger partial charge in [0.1, 0.15) is 6.61 Å². The van der Waals surface area contributed by atoms with E-state index in [-0.39, 0.29) is 23.0 Å². The number of esters is 1. The van der Waals surface area contributed by atoms with E-state index in [1.165, 1.54) is 0 Å². The zero-order valence-corrected chi connectivity index (χ0v) is 16.3. The van der Waals surface area contributed by atoms with Crippen molar-refractivity contribution >= 4 is 14.3 Å². The molecule has 0 aromatic rings. The Hall–Kier alpha value is -1.13. The summed E-state index contributed by atoms with van der Waals surface area (Å²) in [6.45, 7) is 23.1. The van der Waals surface area contributed by atoms with E-state index in [2.05, 4.69) is 53.9 Å². The second kappa shape index (κ2) is 7.93. The van der Waals surface area contributed by atoms with Crippen molar-refractivity contribution in [2.75, 3.05) is 13.2 Å². The van der Waals surface area contributed by atoms with Gasteiger partial charge in [-0.3, -0.25) is 0 Å². The lowest BCUT2D eigenvalue weighted by molar-refractivity contribution is -0.137. The molecular formula is C18H32O3Si. The molecule has 0 aliphatic rings. The van der Waals surface area contributed by atoms with Crippen LogP contribution in [0.1, 0.15) is 34.6 Å². The lowest BCUT2D eigenvalue weighted by Gasteiger charge is -2.38. The Labute approximate surface area is 137 Å². The molecule has 0 N–H and O–H groups in total. The van der Waals surface area contributed by atoms with E-state index in [9.17, 15) is 4.79 Å². The fourth-order valence-corrected chi connectivity index (χ4v) is 2.40. The zero-order valence-electron chi connectivity index (χ0n) is 15.3. The molecule has 0 spiro atoms. The maximum atomic E-state index is 11.3. The maximum absolute atomic E-state index is 11.3. The Bertz CT molecular complexity index is 444. The van der Waals surface area contributed by atoms with Crippen molar-refractivity contribution in [3.05, 3.63) is 37.0 Å². The fourth-order valence-electron chi connectivity index (χ4n) is 1.29. The van der Waals surface area contributed by atoms with E-state index in [1.54, 1.807) is 6.92 Å². The second-order valence-electron chi connectivity index (χ2n) is 7.54. The molecule has 0 heterocycles. The zero-order chi connectivity index (χ0) is 17.6. The van der Waals surface area contributed by atoms with Gasteiger partial charge in [-0.25, -0.2) is 4.79 Å². The van der Waals surface area contributed by atoms with Crippen LogP contribution < -0.4 is 0 Å². The minimum absolute atomic E-state index is 0.176. The minimum Gasteiger partial charge on any atom is -0.458 e. The Balaban J connectivity index is 4.63. The molecule has 0 aromatic heterocycles. The Morgan fingerprint density at radius 3 is 2.18 bits per heavy atom. The molecule has 0 fully saturated rings. The summed E-state index contributed by atoms with van der Waals surface area (Å²) >= 11 is 0. The molecular weight excluding hydrogens is 292 g/mol. The molecule has 126 valence electrons. The molecule has 0 aliphatic heterocycles. The van der Waals surface area contributed by atoms with Gasteiger partial charge in [-0.15, -0.1) is 6.58 Å². The van der Waals surface area contributed by atoms with Crippen LogP contribution in [0.15, 0.2) is 37.0 Å². The lowest BCUT2D eigenvalue weighted by atomic mass is 9.92. The van der Waals surface area contributed by atoms with Crippen LogP contribution in [0.2, 0.25) is 18.1 Å². The van der Waals surface area contributed by atoms with Gasteiger partial charge in [0.2, 0.25) is 0 Å². The van der Waals surface area contributed by atoms with Crippen molar-refractivity contribution in [1.29, 1.82) is 0 Å². The first kappa shape index (κ1) is 20.9. The SMILES string of the molecule is C=C[C@@](C)(/C=C/COC(=O)C(=C)C)CO[Si](C)(C)C(C)(C)C. The van der Waals surface area contributed by atoms with Crippen molar-refractivity contribution in [2.45, 2.75) is 52.8 Å². The monoisotopic (exact) mass is 324 g/mol. The third kappa shape index (κ3) is 6.75. The summed E-state index contributed by atoms with van der Waals surface area (Å²) in [7, 11) is -1.79. The summed E-state index contributed by atoms with van der Waals surface area (Å²) in [5.41, 5.74) is 0.131.